The minimum Gasteiger partial charge on any atom is -0.461 e. The Morgan fingerprint density at radius 2 is 1.82 bits per heavy atom. The van der Waals surface area contributed by atoms with E-state index in [1.807, 2.05) is 30.3 Å². The Labute approximate surface area is 231 Å². The molecular weight excluding hydrogens is 530 g/mol. The van der Waals surface area contributed by atoms with Crippen LogP contribution in [0.3, 0.4) is 0 Å². The van der Waals surface area contributed by atoms with Crippen molar-refractivity contribution < 1.29 is 17.9 Å². The van der Waals surface area contributed by atoms with Gasteiger partial charge in [0.15, 0.2) is 0 Å². The Kier molecular flexibility index (Phi) is 6.75. The number of H-pyrrole nitrogens is 1. The number of allylic oxidation sites excluding steroid dienone is 3. The van der Waals surface area contributed by atoms with Gasteiger partial charge in [0.05, 0.1) is 6.61 Å². The molecule has 0 spiro atoms. The van der Waals surface area contributed by atoms with Crippen LogP contribution in [0.4, 0.5) is 0 Å². The zero-order valence-electron chi connectivity index (χ0n) is 22.6. The molecular formula is C30H29N3O6S. The molecule has 0 saturated carbocycles. The van der Waals surface area contributed by atoms with Crippen LogP contribution in [0.5, 0.6) is 0 Å². The summed E-state index contributed by atoms with van der Waals surface area (Å²) in [5.74, 6) is -0.841. The maximum absolute atomic E-state index is 14.4. The molecule has 1 aliphatic carbocycles. The lowest BCUT2D eigenvalue weighted by molar-refractivity contribution is 0.0518. The van der Waals surface area contributed by atoms with Crippen molar-refractivity contribution in [3.8, 4) is 11.1 Å². The summed E-state index contributed by atoms with van der Waals surface area (Å²) in [5.41, 5.74) is 2.42. The molecule has 0 saturated heterocycles. The van der Waals surface area contributed by atoms with Gasteiger partial charge in [-0.3, -0.25) is 9.59 Å². The maximum Gasteiger partial charge on any atom is 0.356 e. The number of carbonyl (C=O) groups is 1. The van der Waals surface area contributed by atoms with Crippen LogP contribution in [0, 0.1) is 0 Å². The van der Waals surface area contributed by atoms with E-state index in [4.69, 9.17) is 4.74 Å². The average Bonchev–Trinajstić information content (AvgIpc) is 3.34. The summed E-state index contributed by atoms with van der Waals surface area (Å²) in [6.07, 6.45) is 6.75. The summed E-state index contributed by atoms with van der Waals surface area (Å²) in [7, 11) is -2.69. The molecule has 4 aromatic rings. The van der Waals surface area contributed by atoms with E-state index in [9.17, 15) is 22.8 Å². The molecule has 10 heteroatoms. The van der Waals surface area contributed by atoms with Gasteiger partial charge in [-0.2, -0.15) is 0 Å². The predicted octanol–water partition coefficient (Wildman–Crippen LogP) is 4.24. The van der Waals surface area contributed by atoms with Crippen molar-refractivity contribution in [3.63, 3.8) is 0 Å². The number of fused-ring (bicyclic) bond motifs is 1. The average molecular weight is 560 g/mol. The molecule has 5 rings (SSSR count). The van der Waals surface area contributed by atoms with Gasteiger partial charge in [0.25, 0.3) is 11.1 Å². The first-order valence-corrected chi connectivity index (χ1v) is 14.2. The van der Waals surface area contributed by atoms with Crippen LogP contribution in [0.2, 0.25) is 0 Å². The van der Waals surface area contributed by atoms with Crippen molar-refractivity contribution in [1.82, 2.24) is 13.5 Å². The molecule has 3 heterocycles. The SMILES string of the molecule is CCOC(=O)c1cc2cc[nH]c(=O)c2n1S(=O)(=O)C1(C)CC=C(c2cc(=O)n(C)cc2-c2ccccc2)C=C1C. The van der Waals surface area contributed by atoms with E-state index in [-0.39, 0.29) is 29.8 Å². The van der Waals surface area contributed by atoms with Crippen molar-refractivity contribution in [2.24, 2.45) is 7.05 Å². The number of carbonyl (C=O) groups excluding carboxylic acids is 1. The van der Waals surface area contributed by atoms with Crippen molar-refractivity contribution >= 4 is 32.5 Å². The Bertz CT molecular complexity index is 1940. The van der Waals surface area contributed by atoms with E-state index in [0.29, 0.717) is 22.1 Å². The third-order valence-electron chi connectivity index (χ3n) is 7.52. The maximum atomic E-state index is 14.4. The van der Waals surface area contributed by atoms with Crippen LogP contribution < -0.4 is 11.1 Å². The molecule has 0 fully saturated rings. The number of aryl methyl sites for hydroxylation is 1. The Morgan fingerprint density at radius 3 is 2.50 bits per heavy atom. The second-order valence-corrected chi connectivity index (χ2v) is 12.2. The zero-order chi connectivity index (χ0) is 28.8. The first-order chi connectivity index (χ1) is 19.0. The number of aromatic nitrogens is 3. The highest BCUT2D eigenvalue weighted by Gasteiger charge is 2.45. The number of hydrogen-bond acceptors (Lipinski definition) is 6. The number of ether oxygens (including phenoxy) is 1. The number of nitrogens with zero attached hydrogens (tertiary/aromatic N) is 2. The largest absolute Gasteiger partial charge is 0.461 e. The molecule has 1 N–H and O–H groups in total. The fourth-order valence-corrected chi connectivity index (χ4v) is 7.04. The van der Waals surface area contributed by atoms with E-state index in [2.05, 4.69) is 4.98 Å². The van der Waals surface area contributed by atoms with Gasteiger partial charge < -0.3 is 14.3 Å². The summed E-state index contributed by atoms with van der Waals surface area (Å²) in [6, 6.07) is 14.1. The summed E-state index contributed by atoms with van der Waals surface area (Å²) in [5, 5.41) is 0.306. The van der Waals surface area contributed by atoms with Crippen molar-refractivity contribution in [2.45, 2.75) is 31.9 Å². The van der Waals surface area contributed by atoms with Gasteiger partial charge in [0.2, 0.25) is 10.0 Å². The van der Waals surface area contributed by atoms with Gasteiger partial charge in [-0.05, 0) is 61.6 Å². The number of benzene rings is 1. The lowest BCUT2D eigenvalue weighted by Crippen LogP contribution is -2.43. The highest BCUT2D eigenvalue weighted by molar-refractivity contribution is 7.91. The smallest absolute Gasteiger partial charge is 0.356 e. The van der Waals surface area contributed by atoms with Crippen molar-refractivity contribution in [2.75, 3.05) is 6.61 Å². The van der Waals surface area contributed by atoms with E-state index in [1.54, 1.807) is 52.2 Å². The monoisotopic (exact) mass is 559 g/mol. The normalized spacial score (nSPS) is 17.4. The summed E-state index contributed by atoms with van der Waals surface area (Å²) >= 11 is 0. The molecule has 1 aromatic carbocycles. The summed E-state index contributed by atoms with van der Waals surface area (Å²) in [6.45, 7) is 4.93. The third kappa shape index (κ3) is 4.24. The first-order valence-electron chi connectivity index (χ1n) is 12.8. The molecule has 0 aliphatic heterocycles. The van der Waals surface area contributed by atoms with Gasteiger partial charge in [0, 0.05) is 36.5 Å². The molecule has 9 nitrogen and oxygen atoms in total. The topological polar surface area (TPSA) is 120 Å². The highest BCUT2D eigenvalue weighted by Crippen LogP contribution is 2.41. The summed E-state index contributed by atoms with van der Waals surface area (Å²) in [4.78, 5) is 40.8. The van der Waals surface area contributed by atoms with Crippen LogP contribution in [-0.4, -0.2) is 39.3 Å². The minimum absolute atomic E-state index is 0.0410. The molecule has 0 amide bonds. The van der Waals surface area contributed by atoms with E-state index >= 15 is 0 Å². The standard InChI is InChI=1S/C30H29N3O6S/c1-5-39-29(36)25-16-22-12-14-31-28(35)27(22)33(25)40(37,38)30(3)13-11-21(15-19(30)2)23-17-26(34)32(4)18-24(23)20-9-7-6-8-10-20/h6-12,14-18H,5,13H2,1-4H3,(H,31,35). The fourth-order valence-electron chi connectivity index (χ4n) is 5.06. The van der Waals surface area contributed by atoms with Crippen LogP contribution in [0.1, 0.15) is 43.2 Å². The van der Waals surface area contributed by atoms with Gasteiger partial charge in [-0.15, -0.1) is 0 Å². The Morgan fingerprint density at radius 1 is 1.10 bits per heavy atom. The molecule has 3 aromatic heterocycles. The number of aromatic amines is 1. The molecule has 0 bridgehead atoms. The Balaban J connectivity index is 1.66. The zero-order valence-corrected chi connectivity index (χ0v) is 23.4. The molecule has 1 atom stereocenters. The quantitative estimate of drug-likeness (QED) is 0.353. The number of rotatable bonds is 6. The predicted molar refractivity (Wildman–Crippen MR) is 155 cm³/mol. The van der Waals surface area contributed by atoms with Crippen molar-refractivity contribution in [3.05, 3.63) is 111 Å². The van der Waals surface area contributed by atoms with Gasteiger partial charge >= 0.3 is 5.97 Å². The molecule has 1 aliphatic rings. The van der Waals surface area contributed by atoms with E-state index in [0.717, 1.165) is 15.1 Å². The van der Waals surface area contributed by atoms with E-state index < -0.39 is 26.3 Å². The van der Waals surface area contributed by atoms with Gasteiger partial charge in [0.1, 0.15) is 16.0 Å². The number of hydrogen-bond donors (Lipinski definition) is 1. The second kappa shape index (κ2) is 9.95. The lowest BCUT2D eigenvalue weighted by atomic mass is 9.85. The third-order valence-corrected chi connectivity index (χ3v) is 10.0. The molecule has 1 unspecified atom stereocenters. The van der Waals surface area contributed by atoms with Crippen LogP contribution in [0.15, 0.2) is 88.2 Å². The van der Waals surface area contributed by atoms with Gasteiger partial charge in [-0.25, -0.2) is 17.2 Å². The van der Waals surface area contributed by atoms with Crippen molar-refractivity contribution in [1.29, 1.82) is 0 Å². The van der Waals surface area contributed by atoms with Gasteiger partial charge in [-0.1, -0.05) is 42.5 Å². The molecule has 0 radical (unpaired) electrons. The summed E-state index contributed by atoms with van der Waals surface area (Å²) < 4.78 is 34.7. The first kappa shape index (κ1) is 27.1. The molecule has 206 valence electrons. The van der Waals surface area contributed by atoms with E-state index in [1.165, 1.54) is 22.9 Å². The van der Waals surface area contributed by atoms with Crippen LogP contribution in [-0.2, 0) is 21.8 Å². The minimum atomic E-state index is -4.38. The fraction of sp³-hybridized carbons (Fsp3) is 0.233. The van der Waals surface area contributed by atoms with Crippen LogP contribution >= 0.6 is 0 Å². The Hall–Kier alpha value is -4.44. The number of nitrogens with one attached hydrogen (secondary N) is 1. The number of esters is 1. The number of pyridine rings is 2. The lowest BCUT2D eigenvalue weighted by Gasteiger charge is -2.33. The van der Waals surface area contributed by atoms with Crippen LogP contribution in [0.25, 0.3) is 27.6 Å². The second-order valence-electron chi connectivity index (χ2n) is 9.97. The highest BCUT2D eigenvalue weighted by atomic mass is 32.2. The molecule has 40 heavy (non-hydrogen) atoms.